The lowest BCUT2D eigenvalue weighted by molar-refractivity contribution is -0.384. The zero-order valence-corrected chi connectivity index (χ0v) is 17.2. The van der Waals surface area contributed by atoms with Crippen molar-refractivity contribution in [2.45, 2.75) is 64.1 Å². The Labute approximate surface area is 168 Å². The SMILES string of the molecule is Cc1ccc([N+](=O)[O-])c(NC(=O)CSc2nnc(C)n2C2CCCCC2)c1C. The maximum absolute atomic E-state index is 12.5. The van der Waals surface area contributed by atoms with Crippen LogP contribution in [0.1, 0.15) is 55.1 Å². The van der Waals surface area contributed by atoms with Crippen LogP contribution in [0.4, 0.5) is 11.4 Å². The Morgan fingerprint density at radius 1 is 1.25 bits per heavy atom. The van der Waals surface area contributed by atoms with E-state index in [4.69, 9.17) is 0 Å². The molecule has 1 heterocycles. The van der Waals surface area contributed by atoms with Crippen molar-refractivity contribution in [3.8, 4) is 0 Å². The number of nitro benzene ring substituents is 1. The number of carbonyl (C=O) groups excluding carboxylic acids is 1. The molecule has 0 atom stereocenters. The van der Waals surface area contributed by atoms with Crippen molar-refractivity contribution in [1.82, 2.24) is 14.8 Å². The number of hydrogen-bond donors (Lipinski definition) is 1. The Hall–Kier alpha value is -2.42. The molecule has 1 aliphatic carbocycles. The molecule has 1 N–H and O–H groups in total. The van der Waals surface area contributed by atoms with E-state index in [1.807, 2.05) is 13.8 Å². The molecular weight excluding hydrogens is 378 g/mol. The van der Waals surface area contributed by atoms with E-state index in [0.29, 0.717) is 11.6 Å². The number of anilines is 1. The van der Waals surface area contributed by atoms with Gasteiger partial charge in [0.15, 0.2) is 5.16 Å². The van der Waals surface area contributed by atoms with Crippen LogP contribution in [0, 0.1) is 30.9 Å². The zero-order chi connectivity index (χ0) is 20.3. The molecule has 0 aliphatic heterocycles. The summed E-state index contributed by atoms with van der Waals surface area (Å²) in [6.07, 6.45) is 5.87. The normalized spacial score (nSPS) is 14.8. The highest BCUT2D eigenvalue weighted by atomic mass is 32.2. The average Bonchev–Trinajstić information content (AvgIpc) is 3.05. The van der Waals surface area contributed by atoms with Gasteiger partial charge in [-0.25, -0.2) is 0 Å². The predicted molar refractivity (Wildman–Crippen MR) is 109 cm³/mol. The van der Waals surface area contributed by atoms with E-state index >= 15 is 0 Å². The molecule has 1 fully saturated rings. The highest BCUT2D eigenvalue weighted by Crippen LogP contribution is 2.33. The molecule has 150 valence electrons. The first kappa shape index (κ1) is 20.3. The van der Waals surface area contributed by atoms with Gasteiger partial charge in [-0.1, -0.05) is 37.1 Å². The Balaban J connectivity index is 1.71. The predicted octanol–water partition coefficient (Wildman–Crippen LogP) is 4.35. The number of nitrogens with zero attached hydrogens (tertiary/aromatic N) is 4. The first-order valence-corrected chi connectivity index (χ1v) is 10.5. The van der Waals surface area contributed by atoms with E-state index in [2.05, 4.69) is 20.1 Å². The first-order chi connectivity index (χ1) is 13.4. The van der Waals surface area contributed by atoms with E-state index in [1.165, 1.54) is 37.1 Å². The topological polar surface area (TPSA) is 103 Å². The van der Waals surface area contributed by atoms with E-state index in [1.54, 1.807) is 13.0 Å². The number of benzene rings is 1. The minimum Gasteiger partial charge on any atom is -0.319 e. The Bertz CT molecular complexity index is 890. The highest BCUT2D eigenvalue weighted by molar-refractivity contribution is 7.99. The summed E-state index contributed by atoms with van der Waals surface area (Å²) in [4.78, 5) is 23.3. The molecule has 1 amide bonds. The van der Waals surface area contributed by atoms with Gasteiger partial charge in [0.1, 0.15) is 11.5 Å². The molecular formula is C19H25N5O3S. The molecule has 0 bridgehead atoms. The van der Waals surface area contributed by atoms with Crippen molar-refractivity contribution in [2.75, 3.05) is 11.1 Å². The van der Waals surface area contributed by atoms with Crippen LogP contribution in [-0.4, -0.2) is 31.3 Å². The Morgan fingerprint density at radius 2 is 1.96 bits per heavy atom. The van der Waals surface area contributed by atoms with Crippen molar-refractivity contribution in [2.24, 2.45) is 0 Å². The van der Waals surface area contributed by atoms with Crippen LogP contribution < -0.4 is 5.32 Å². The quantitative estimate of drug-likeness (QED) is 0.437. The van der Waals surface area contributed by atoms with Crippen molar-refractivity contribution < 1.29 is 9.72 Å². The number of nitrogens with one attached hydrogen (secondary N) is 1. The van der Waals surface area contributed by atoms with Gasteiger partial charge in [0, 0.05) is 12.1 Å². The summed E-state index contributed by atoms with van der Waals surface area (Å²) in [7, 11) is 0. The molecule has 0 saturated heterocycles. The smallest absolute Gasteiger partial charge is 0.293 e. The summed E-state index contributed by atoms with van der Waals surface area (Å²) in [5, 5.41) is 23.2. The number of thioether (sulfide) groups is 1. The molecule has 0 unspecified atom stereocenters. The molecule has 1 aromatic carbocycles. The number of amides is 1. The van der Waals surface area contributed by atoms with Gasteiger partial charge in [-0.3, -0.25) is 14.9 Å². The zero-order valence-electron chi connectivity index (χ0n) is 16.4. The van der Waals surface area contributed by atoms with Crippen molar-refractivity contribution >= 4 is 29.0 Å². The van der Waals surface area contributed by atoms with E-state index in [9.17, 15) is 14.9 Å². The monoisotopic (exact) mass is 403 g/mol. The van der Waals surface area contributed by atoms with Crippen LogP contribution in [0.25, 0.3) is 0 Å². The van der Waals surface area contributed by atoms with Gasteiger partial charge in [-0.2, -0.15) is 0 Å². The third kappa shape index (κ3) is 4.35. The van der Waals surface area contributed by atoms with Crippen LogP contribution in [-0.2, 0) is 4.79 Å². The Morgan fingerprint density at radius 3 is 2.64 bits per heavy atom. The summed E-state index contributed by atoms with van der Waals surface area (Å²) >= 11 is 1.32. The molecule has 8 nitrogen and oxygen atoms in total. The fourth-order valence-electron chi connectivity index (χ4n) is 3.63. The molecule has 0 spiro atoms. The third-order valence-electron chi connectivity index (χ3n) is 5.28. The number of nitro groups is 1. The molecule has 1 aromatic heterocycles. The number of hydrogen-bond acceptors (Lipinski definition) is 6. The summed E-state index contributed by atoms with van der Waals surface area (Å²) in [5.41, 5.74) is 1.76. The molecule has 2 aromatic rings. The van der Waals surface area contributed by atoms with Gasteiger partial charge in [0.2, 0.25) is 5.91 Å². The minimum absolute atomic E-state index is 0.0948. The fourth-order valence-corrected chi connectivity index (χ4v) is 4.48. The summed E-state index contributed by atoms with van der Waals surface area (Å²) in [6.45, 7) is 5.57. The standard InChI is InChI=1S/C19H25N5O3S/c1-12-9-10-16(24(26)27)18(13(12)2)20-17(25)11-28-19-22-21-14(3)23(19)15-7-5-4-6-8-15/h9-10,15H,4-8,11H2,1-3H3,(H,20,25). The maximum atomic E-state index is 12.5. The molecule has 0 radical (unpaired) electrons. The second-order valence-corrected chi connectivity index (χ2v) is 8.13. The van der Waals surface area contributed by atoms with Gasteiger partial charge in [-0.05, 0) is 44.7 Å². The highest BCUT2D eigenvalue weighted by Gasteiger charge is 2.23. The average molecular weight is 404 g/mol. The summed E-state index contributed by atoms with van der Waals surface area (Å²) < 4.78 is 2.14. The van der Waals surface area contributed by atoms with E-state index in [-0.39, 0.29) is 23.0 Å². The first-order valence-electron chi connectivity index (χ1n) is 9.47. The number of rotatable bonds is 6. The Kier molecular flexibility index (Phi) is 6.33. The van der Waals surface area contributed by atoms with E-state index < -0.39 is 4.92 Å². The second kappa shape index (κ2) is 8.72. The van der Waals surface area contributed by atoms with Gasteiger partial charge in [0.25, 0.3) is 5.69 Å². The van der Waals surface area contributed by atoms with Crippen LogP contribution in [0.2, 0.25) is 0 Å². The maximum Gasteiger partial charge on any atom is 0.293 e. The molecule has 3 rings (SSSR count). The molecule has 1 aliphatic rings. The van der Waals surface area contributed by atoms with Crippen LogP contribution >= 0.6 is 11.8 Å². The van der Waals surface area contributed by atoms with Crippen molar-refractivity contribution in [1.29, 1.82) is 0 Å². The van der Waals surface area contributed by atoms with Gasteiger partial charge < -0.3 is 9.88 Å². The second-order valence-electron chi connectivity index (χ2n) is 7.19. The van der Waals surface area contributed by atoms with E-state index in [0.717, 1.165) is 29.4 Å². The summed E-state index contributed by atoms with van der Waals surface area (Å²) in [5.74, 6) is 0.688. The van der Waals surface area contributed by atoms with Crippen LogP contribution in [0.15, 0.2) is 17.3 Å². The lowest BCUT2D eigenvalue weighted by Crippen LogP contribution is -2.18. The number of aromatic nitrogens is 3. The third-order valence-corrected chi connectivity index (χ3v) is 6.23. The van der Waals surface area contributed by atoms with Gasteiger partial charge in [-0.15, -0.1) is 10.2 Å². The fraction of sp³-hybridized carbons (Fsp3) is 0.526. The molecule has 1 saturated carbocycles. The summed E-state index contributed by atoms with van der Waals surface area (Å²) in [6, 6.07) is 3.50. The lowest BCUT2D eigenvalue weighted by Gasteiger charge is -2.24. The van der Waals surface area contributed by atoms with Crippen LogP contribution in [0.3, 0.4) is 0 Å². The van der Waals surface area contributed by atoms with Gasteiger partial charge in [0.05, 0.1) is 10.7 Å². The number of carbonyl (C=O) groups is 1. The van der Waals surface area contributed by atoms with Crippen molar-refractivity contribution in [3.05, 3.63) is 39.2 Å². The van der Waals surface area contributed by atoms with Crippen molar-refractivity contribution in [3.63, 3.8) is 0 Å². The minimum atomic E-state index is -0.474. The molecule has 9 heteroatoms. The lowest BCUT2D eigenvalue weighted by atomic mass is 9.95. The van der Waals surface area contributed by atoms with Gasteiger partial charge >= 0.3 is 0 Å². The number of aryl methyl sites for hydroxylation is 2. The molecule has 28 heavy (non-hydrogen) atoms. The van der Waals surface area contributed by atoms with Crippen LogP contribution in [0.5, 0.6) is 0 Å². The largest absolute Gasteiger partial charge is 0.319 e.